The Morgan fingerprint density at radius 3 is 2.71 bits per heavy atom. The van der Waals surface area contributed by atoms with Crippen molar-refractivity contribution in [1.29, 1.82) is 0 Å². The highest BCUT2D eigenvalue weighted by Crippen LogP contribution is 2.28. The molecule has 2 N–H and O–H groups in total. The Balaban J connectivity index is 1.77. The Hall–Kier alpha value is -1.48. The highest BCUT2D eigenvalue weighted by Gasteiger charge is 2.19. The molecule has 112 valence electrons. The molecule has 0 unspecified atom stereocenters. The van der Waals surface area contributed by atoms with E-state index in [1.807, 2.05) is 0 Å². The predicted octanol–water partition coefficient (Wildman–Crippen LogP) is 5.10. The number of nitrogens with one attached hydrogen (secondary N) is 2. The Morgan fingerprint density at radius 2 is 2.00 bits per heavy atom. The Bertz CT molecular complexity index is 669. The minimum Gasteiger partial charge on any atom is -0.381 e. The van der Waals surface area contributed by atoms with Gasteiger partial charge >= 0.3 is 0 Å². The molecule has 0 radical (unpaired) electrons. The van der Waals surface area contributed by atoms with Crippen LogP contribution in [0.15, 0.2) is 24.8 Å². The molecule has 0 aliphatic heterocycles. The zero-order chi connectivity index (χ0) is 15.0. The lowest BCUT2D eigenvalue weighted by molar-refractivity contribution is 0.328. The largest absolute Gasteiger partial charge is 0.381 e. The normalized spacial score (nSPS) is 22.4. The third kappa shape index (κ3) is 3.08. The quantitative estimate of drug-likeness (QED) is 0.811. The molecule has 2 nitrogen and oxygen atoms in total. The van der Waals surface area contributed by atoms with Gasteiger partial charge in [0.2, 0.25) is 0 Å². The topological polar surface area (TPSA) is 27.8 Å². The van der Waals surface area contributed by atoms with Gasteiger partial charge in [-0.1, -0.05) is 25.1 Å². The fourth-order valence-electron chi connectivity index (χ4n) is 3.05. The van der Waals surface area contributed by atoms with Crippen LogP contribution in [-0.2, 0) is 0 Å². The van der Waals surface area contributed by atoms with E-state index in [0.717, 1.165) is 17.3 Å². The number of aromatic amines is 1. The smallest absolute Gasteiger partial charge is 0.134 e. The van der Waals surface area contributed by atoms with Gasteiger partial charge in [0.25, 0.3) is 0 Å². The number of fused-ring (bicyclic) bond motifs is 1. The minimum absolute atomic E-state index is 0.306. The first kappa shape index (κ1) is 14.5. The molecular formula is C17H20ClFN2. The predicted molar refractivity (Wildman–Crippen MR) is 86.9 cm³/mol. The number of rotatable bonds is 3. The molecule has 1 aliphatic carbocycles. The van der Waals surface area contributed by atoms with Gasteiger partial charge in [0, 0.05) is 16.5 Å². The van der Waals surface area contributed by atoms with Gasteiger partial charge in [0.15, 0.2) is 0 Å². The highest BCUT2D eigenvalue weighted by atomic mass is 35.5. The molecule has 1 heterocycles. The highest BCUT2D eigenvalue weighted by molar-refractivity contribution is 6.31. The van der Waals surface area contributed by atoms with E-state index < -0.39 is 0 Å². The van der Waals surface area contributed by atoms with Crippen molar-refractivity contribution in [3.8, 4) is 0 Å². The fraction of sp³-hybridized carbons (Fsp3) is 0.412. The maximum atomic E-state index is 13.9. The van der Waals surface area contributed by atoms with Crippen molar-refractivity contribution in [3.05, 3.63) is 41.3 Å². The second-order valence-corrected chi connectivity index (χ2v) is 6.55. The molecule has 3 rings (SSSR count). The van der Waals surface area contributed by atoms with Crippen LogP contribution in [0.2, 0.25) is 5.02 Å². The maximum absolute atomic E-state index is 13.9. The van der Waals surface area contributed by atoms with Crippen LogP contribution in [-0.4, -0.2) is 11.0 Å². The van der Waals surface area contributed by atoms with Crippen LogP contribution >= 0.6 is 11.6 Å². The van der Waals surface area contributed by atoms with Crippen LogP contribution in [0.1, 0.15) is 38.3 Å². The van der Waals surface area contributed by atoms with E-state index in [0.29, 0.717) is 22.0 Å². The van der Waals surface area contributed by atoms with E-state index in [2.05, 4.69) is 23.8 Å². The van der Waals surface area contributed by atoms with Crippen LogP contribution in [0.3, 0.4) is 0 Å². The number of benzene rings is 1. The Morgan fingerprint density at radius 1 is 1.29 bits per heavy atom. The lowest BCUT2D eigenvalue weighted by Crippen LogP contribution is -2.31. The van der Waals surface area contributed by atoms with Gasteiger partial charge in [-0.25, -0.2) is 4.39 Å². The Labute approximate surface area is 129 Å². The standard InChI is InChI=1S/C17H20ClFN2/c1-10-3-5-13(6-4-10)20-11(2)16-9-14-15(19)7-12(18)8-17(14)21-16/h7-10,13,20-21H,2-6H2,1H3. The van der Waals surface area contributed by atoms with Crippen molar-refractivity contribution in [3.63, 3.8) is 0 Å². The number of halogens is 2. The van der Waals surface area contributed by atoms with Crippen LogP contribution in [0, 0.1) is 11.7 Å². The summed E-state index contributed by atoms with van der Waals surface area (Å²) in [7, 11) is 0. The molecule has 2 aromatic rings. The summed E-state index contributed by atoms with van der Waals surface area (Å²) in [4.78, 5) is 3.19. The second kappa shape index (κ2) is 5.72. The average molecular weight is 307 g/mol. The van der Waals surface area contributed by atoms with Crippen molar-refractivity contribution in [2.45, 2.75) is 38.6 Å². The minimum atomic E-state index is -0.306. The molecule has 1 fully saturated rings. The number of H-pyrrole nitrogens is 1. The van der Waals surface area contributed by atoms with Gasteiger partial charge in [0.05, 0.1) is 16.9 Å². The van der Waals surface area contributed by atoms with E-state index in [1.54, 1.807) is 12.1 Å². The molecule has 1 aliphatic rings. The van der Waals surface area contributed by atoms with Crippen molar-refractivity contribution in [2.75, 3.05) is 0 Å². The number of hydrogen-bond donors (Lipinski definition) is 2. The monoisotopic (exact) mass is 306 g/mol. The molecule has 0 saturated heterocycles. The van der Waals surface area contributed by atoms with Gasteiger partial charge in [-0.15, -0.1) is 0 Å². The van der Waals surface area contributed by atoms with Crippen molar-refractivity contribution < 1.29 is 4.39 Å². The first-order chi connectivity index (χ1) is 10.0. The van der Waals surface area contributed by atoms with E-state index in [-0.39, 0.29) is 5.82 Å². The summed E-state index contributed by atoms with van der Waals surface area (Å²) < 4.78 is 13.9. The van der Waals surface area contributed by atoms with Crippen LogP contribution in [0.25, 0.3) is 16.6 Å². The van der Waals surface area contributed by atoms with Crippen molar-refractivity contribution in [1.82, 2.24) is 10.3 Å². The first-order valence-electron chi connectivity index (χ1n) is 7.46. The summed E-state index contributed by atoms with van der Waals surface area (Å²) in [6.45, 7) is 6.39. The average Bonchev–Trinajstić information content (AvgIpc) is 2.85. The summed E-state index contributed by atoms with van der Waals surface area (Å²) in [6, 6.07) is 5.33. The summed E-state index contributed by atoms with van der Waals surface area (Å²) >= 11 is 5.88. The molecule has 1 aromatic carbocycles. The van der Waals surface area contributed by atoms with Crippen molar-refractivity contribution >= 4 is 28.2 Å². The summed E-state index contributed by atoms with van der Waals surface area (Å²) in [5.74, 6) is 0.514. The second-order valence-electron chi connectivity index (χ2n) is 6.11. The summed E-state index contributed by atoms with van der Waals surface area (Å²) in [5.41, 5.74) is 2.35. The van der Waals surface area contributed by atoms with E-state index >= 15 is 0 Å². The molecule has 0 spiro atoms. The fourth-order valence-corrected chi connectivity index (χ4v) is 3.26. The molecule has 0 bridgehead atoms. The van der Waals surface area contributed by atoms with Crippen LogP contribution in [0.4, 0.5) is 4.39 Å². The zero-order valence-corrected chi connectivity index (χ0v) is 12.9. The molecule has 21 heavy (non-hydrogen) atoms. The summed E-state index contributed by atoms with van der Waals surface area (Å²) in [6.07, 6.45) is 4.84. The summed E-state index contributed by atoms with van der Waals surface area (Å²) in [5, 5.41) is 4.42. The zero-order valence-electron chi connectivity index (χ0n) is 12.2. The molecule has 1 aromatic heterocycles. The van der Waals surface area contributed by atoms with Gasteiger partial charge in [0.1, 0.15) is 5.82 Å². The van der Waals surface area contributed by atoms with Gasteiger partial charge in [-0.05, 0) is 49.8 Å². The maximum Gasteiger partial charge on any atom is 0.134 e. The van der Waals surface area contributed by atoms with Gasteiger partial charge < -0.3 is 10.3 Å². The number of hydrogen-bond acceptors (Lipinski definition) is 1. The third-order valence-corrected chi connectivity index (χ3v) is 4.59. The van der Waals surface area contributed by atoms with E-state index in [1.165, 1.54) is 31.7 Å². The third-order valence-electron chi connectivity index (χ3n) is 4.37. The van der Waals surface area contributed by atoms with Gasteiger partial charge in [-0.3, -0.25) is 0 Å². The molecule has 0 amide bonds. The lowest BCUT2D eigenvalue weighted by atomic mass is 9.87. The lowest BCUT2D eigenvalue weighted by Gasteiger charge is -2.28. The SMILES string of the molecule is C=C(NC1CCC(C)CC1)c1cc2c(F)cc(Cl)cc2[nH]1. The van der Waals surface area contributed by atoms with E-state index in [9.17, 15) is 4.39 Å². The number of aromatic nitrogens is 1. The molecule has 4 heteroatoms. The van der Waals surface area contributed by atoms with Crippen molar-refractivity contribution in [2.24, 2.45) is 5.92 Å². The molecule has 0 atom stereocenters. The van der Waals surface area contributed by atoms with Gasteiger partial charge in [-0.2, -0.15) is 0 Å². The van der Waals surface area contributed by atoms with E-state index in [4.69, 9.17) is 11.6 Å². The van der Waals surface area contributed by atoms with Crippen LogP contribution in [0.5, 0.6) is 0 Å². The molecular weight excluding hydrogens is 287 g/mol. The first-order valence-corrected chi connectivity index (χ1v) is 7.84. The Kier molecular flexibility index (Phi) is 3.94. The molecule has 1 saturated carbocycles. The van der Waals surface area contributed by atoms with Crippen LogP contribution < -0.4 is 5.32 Å².